The number of anilines is 2. The number of morpholine rings is 1. The van der Waals surface area contributed by atoms with Gasteiger partial charge in [0.05, 0.1) is 48.3 Å². The number of hydrogen-bond donors (Lipinski definition) is 1. The Hall–Kier alpha value is -3.14. The molecule has 2 fully saturated rings. The van der Waals surface area contributed by atoms with Gasteiger partial charge in [-0.2, -0.15) is 13.2 Å². The van der Waals surface area contributed by atoms with Crippen molar-refractivity contribution in [3.05, 3.63) is 53.9 Å². The number of halogens is 3. The summed E-state index contributed by atoms with van der Waals surface area (Å²) in [4.78, 5) is 32.9. The second-order valence-corrected chi connectivity index (χ2v) is 7.81. The van der Waals surface area contributed by atoms with Crippen LogP contribution in [0, 0.1) is 5.92 Å². The molecule has 0 aliphatic carbocycles. The average Bonchev–Trinajstić information content (AvgIpc) is 3.15. The Bertz CT molecular complexity index is 978. The van der Waals surface area contributed by atoms with Crippen LogP contribution in [0.25, 0.3) is 0 Å². The summed E-state index contributed by atoms with van der Waals surface area (Å²) in [6.45, 7) is 2.39. The summed E-state index contributed by atoms with van der Waals surface area (Å²) in [6, 6.07) is 8.70. The Morgan fingerprint density at radius 1 is 1.19 bits per heavy atom. The quantitative estimate of drug-likeness (QED) is 0.762. The minimum absolute atomic E-state index is 0.00448. The molecule has 2 aliphatic heterocycles. The van der Waals surface area contributed by atoms with E-state index in [-0.39, 0.29) is 31.1 Å². The van der Waals surface area contributed by atoms with E-state index in [0.717, 1.165) is 12.1 Å². The van der Waals surface area contributed by atoms with Crippen LogP contribution in [0.2, 0.25) is 0 Å². The molecule has 32 heavy (non-hydrogen) atoms. The predicted octanol–water partition coefficient (Wildman–Crippen LogP) is 2.92. The fourth-order valence-corrected chi connectivity index (χ4v) is 3.92. The molecule has 2 saturated heterocycles. The highest BCUT2D eigenvalue weighted by Crippen LogP contribution is 2.36. The fraction of sp³-hybridized carbons (Fsp3) is 0.409. The minimum Gasteiger partial charge on any atom is -0.378 e. The maximum absolute atomic E-state index is 13.3. The first-order chi connectivity index (χ1) is 15.3. The smallest absolute Gasteiger partial charge is 0.378 e. The van der Waals surface area contributed by atoms with Gasteiger partial charge in [0.15, 0.2) is 0 Å². The van der Waals surface area contributed by atoms with Gasteiger partial charge >= 0.3 is 6.18 Å². The van der Waals surface area contributed by atoms with Gasteiger partial charge in [0.25, 0.3) is 0 Å². The van der Waals surface area contributed by atoms with Gasteiger partial charge in [0.1, 0.15) is 0 Å². The molecule has 1 unspecified atom stereocenters. The predicted molar refractivity (Wildman–Crippen MR) is 111 cm³/mol. The van der Waals surface area contributed by atoms with Crippen molar-refractivity contribution in [3.63, 3.8) is 0 Å². The van der Waals surface area contributed by atoms with E-state index in [4.69, 9.17) is 4.74 Å². The monoisotopic (exact) mass is 448 g/mol. The van der Waals surface area contributed by atoms with Crippen molar-refractivity contribution >= 4 is 23.2 Å². The highest BCUT2D eigenvalue weighted by Gasteiger charge is 2.36. The molecule has 0 bridgehead atoms. The van der Waals surface area contributed by atoms with Crippen molar-refractivity contribution in [2.24, 2.45) is 5.92 Å². The van der Waals surface area contributed by atoms with Gasteiger partial charge in [-0.25, -0.2) is 0 Å². The van der Waals surface area contributed by atoms with Crippen LogP contribution in [0.4, 0.5) is 24.5 Å². The number of ether oxygens (including phenoxy) is 1. The summed E-state index contributed by atoms with van der Waals surface area (Å²) in [5.74, 6) is -1.32. The van der Waals surface area contributed by atoms with E-state index in [2.05, 4.69) is 10.3 Å². The van der Waals surface area contributed by atoms with Crippen LogP contribution in [-0.4, -0.2) is 54.5 Å². The molecule has 2 aliphatic rings. The first kappa shape index (κ1) is 22.1. The molecule has 10 heteroatoms. The van der Waals surface area contributed by atoms with Gasteiger partial charge in [-0.15, -0.1) is 0 Å². The normalized spacial score (nSPS) is 19.3. The van der Waals surface area contributed by atoms with E-state index in [0.29, 0.717) is 37.7 Å². The first-order valence-corrected chi connectivity index (χ1v) is 10.3. The zero-order valence-corrected chi connectivity index (χ0v) is 17.3. The second kappa shape index (κ2) is 9.15. The number of benzene rings is 1. The van der Waals surface area contributed by atoms with Crippen molar-refractivity contribution in [3.8, 4) is 0 Å². The molecule has 1 N–H and O–H groups in total. The number of rotatable bonds is 5. The summed E-state index contributed by atoms with van der Waals surface area (Å²) >= 11 is 0. The summed E-state index contributed by atoms with van der Waals surface area (Å²) in [6.07, 6.45) is -2.91. The zero-order valence-electron chi connectivity index (χ0n) is 17.3. The molecule has 0 radical (unpaired) electrons. The van der Waals surface area contributed by atoms with Gasteiger partial charge in [0, 0.05) is 32.3 Å². The lowest BCUT2D eigenvalue weighted by atomic mass is 10.1. The van der Waals surface area contributed by atoms with Gasteiger partial charge in [-0.1, -0.05) is 6.07 Å². The summed E-state index contributed by atoms with van der Waals surface area (Å²) < 4.78 is 45.2. The third kappa shape index (κ3) is 5.01. The molecular formula is C22H23F3N4O3. The standard InChI is InChI=1S/C22H23F3N4O3/c23-22(24,25)16-4-5-19(28-7-9-32-10-8-28)18(12-16)27-21(31)15-11-20(30)29(13-15)14-17-3-1-2-6-26-17/h1-6,12,15H,7-11,13-14H2,(H,27,31). The van der Waals surface area contributed by atoms with Crippen LogP contribution >= 0.6 is 0 Å². The van der Waals surface area contributed by atoms with Crippen molar-refractivity contribution in [1.82, 2.24) is 9.88 Å². The van der Waals surface area contributed by atoms with Gasteiger partial charge in [-0.3, -0.25) is 14.6 Å². The first-order valence-electron chi connectivity index (χ1n) is 10.3. The lowest BCUT2D eigenvalue weighted by Crippen LogP contribution is -2.37. The number of likely N-dealkylation sites (tertiary alicyclic amines) is 1. The van der Waals surface area contributed by atoms with Crippen LogP contribution in [0.5, 0.6) is 0 Å². The Balaban J connectivity index is 1.50. The van der Waals surface area contributed by atoms with E-state index in [1.165, 1.54) is 6.07 Å². The molecule has 7 nitrogen and oxygen atoms in total. The summed E-state index contributed by atoms with van der Waals surface area (Å²) in [5, 5.41) is 2.65. The van der Waals surface area contributed by atoms with Gasteiger partial charge < -0.3 is 19.9 Å². The van der Waals surface area contributed by atoms with Crippen molar-refractivity contribution in [2.75, 3.05) is 43.1 Å². The topological polar surface area (TPSA) is 74.8 Å². The Morgan fingerprint density at radius 2 is 1.97 bits per heavy atom. The number of carbonyl (C=O) groups is 2. The van der Waals surface area contributed by atoms with Crippen molar-refractivity contribution < 1.29 is 27.5 Å². The lowest BCUT2D eigenvalue weighted by molar-refractivity contribution is -0.137. The maximum atomic E-state index is 13.3. The zero-order chi connectivity index (χ0) is 22.7. The molecule has 2 aromatic rings. The SMILES string of the molecule is O=C(Nc1cc(C(F)(F)F)ccc1N1CCOCC1)C1CC(=O)N(Cc2ccccn2)C1. The van der Waals surface area contributed by atoms with E-state index >= 15 is 0 Å². The molecule has 4 rings (SSSR count). The Morgan fingerprint density at radius 3 is 2.66 bits per heavy atom. The largest absolute Gasteiger partial charge is 0.416 e. The molecule has 0 spiro atoms. The molecule has 1 aromatic heterocycles. The Labute approximate surface area is 183 Å². The van der Waals surface area contributed by atoms with E-state index in [1.807, 2.05) is 11.0 Å². The number of pyridine rings is 1. The minimum atomic E-state index is -4.54. The number of amides is 2. The lowest BCUT2D eigenvalue weighted by Gasteiger charge is -2.31. The summed E-state index contributed by atoms with van der Waals surface area (Å²) in [5.41, 5.74) is 0.449. The van der Waals surface area contributed by atoms with Crippen LogP contribution in [0.1, 0.15) is 17.7 Å². The van der Waals surface area contributed by atoms with Crippen molar-refractivity contribution in [1.29, 1.82) is 0 Å². The van der Waals surface area contributed by atoms with Gasteiger partial charge in [0.2, 0.25) is 11.8 Å². The third-order valence-electron chi connectivity index (χ3n) is 5.60. The Kier molecular flexibility index (Phi) is 6.31. The molecular weight excluding hydrogens is 425 g/mol. The number of hydrogen-bond acceptors (Lipinski definition) is 5. The second-order valence-electron chi connectivity index (χ2n) is 7.81. The highest BCUT2D eigenvalue weighted by molar-refractivity contribution is 5.99. The number of alkyl halides is 3. The molecule has 170 valence electrons. The van der Waals surface area contributed by atoms with E-state index < -0.39 is 23.6 Å². The molecule has 1 atom stereocenters. The van der Waals surface area contributed by atoms with E-state index in [9.17, 15) is 22.8 Å². The molecule has 1 aromatic carbocycles. The fourth-order valence-electron chi connectivity index (χ4n) is 3.92. The summed E-state index contributed by atoms with van der Waals surface area (Å²) in [7, 11) is 0. The van der Waals surface area contributed by atoms with Gasteiger partial charge in [-0.05, 0) is 30.3 Å². The van der Waals surface area contributed by atoms with Crippen molar-refractivity contribution in [2.45, 2.75) is 19.1 Å². The third-order valence-corrected chi connectivity index (χ3v) is 5.60. The highest BCUT2D eigenvalue weighted by atomic mass is 19.4. The number of nitrogens with zero attached hydrogens (tertiary/aromatic N) is 3. The average molecular weight is 448 g/mol. The maximum Gasteiger partial charge on any atom is 0.416 e. The molecule has 2 amide bonds. The van der Waals surface area contributed by atoms with E-state index in [1.54, 1.807) is 23.2 Å². The number of aromatic nitrogens is 1. The number of nitrogens with one attached hydrogen (secondary N) is 1. The molecule has 0 saturated carbocycles. The van der Waals surface area contributed by atoms with Crippen LogP contribution in [0.3, 0.4) is 0 Å². The van der Waals surface area contributed by atoms with Crippen LogP contribution in [0.15, 0.2) is 42.6 Å². The number of carbonyl (C=O) groups excluding carboxylic acids is 2. The van der Waals surface area contributed by atoms with Crippen LogP contribution in [-0.2, 0) is 27.0 Å². The van der Waals surface area contributed by atoms with Crippen LogP contribution < -0.4 is 10.2 Å². The molecule has 3 heterocycles.